The molecule has 1 heteroatoms. The first-order valence-electron chi connectivity index (χ1n) is 18.2. The Kier molecular flexibility index (Phi) is 5.49. The van der Waals surface area contributed by atoms with E-state index in [1.165, 1.54) is 105 Å². The van der Waals surface area contributed by atoms with Crippen molar-refractivity contribution in [1.29, 1.82) is 0 Å². The topological polar surface area (TPSA) is 4.93 Å². The molecule has 0 fully saturated rings. The van der Waals surface area contributed by atoms with Gasteiger partial charge in [0, 0.05) is 16.5 Å². The third-order valence-electron chi connectivity index (χ3n) is 12.0. The van der Waals surface area contributed by atoms with Crippen molar-refractivity contribution in [2.75, 3.05) is 0 Å². The Bertz CT molecular complexity index is 3020. The molecule has 2 aliphatic carbocycles. The molecule has 0 amide bonds. The van der Waals surface area contributed by atoms with Crippen molar-refractivity contribution in [2.45, 2.75) is 5.41 Å². The quantitative estimate of drug-likeness (QED) is 0.174. The minimum atomic E-state index is -0.371. The first-order chi connectivity index (χ1) is 25.8. The molecule has 1 heterocycles. The van der Waals surface area contributed by atoms with Crippen LogP contribution in [0.4, 0.5) is 0 Å². The van der Waals surface area contributed by atoms with Crippen molar-refractivity contribution in [3.05, 3.63) is 210 Å². The summed E-state index contributed by atoms with van der Waals surface area (Å²) in [4.78, 5) is 0. The number of fused-ring (bicyclic) bond motifs is 16. The highest BCUT2D eigenvalue weighted by Gasteiger charge is 2.52. The maximum absolute atomic E-state index is 2.46. The Morgan fingerprint density at radius 1 is 0.327 bits per heavy atom. The van der Waals surface area contributed by atoms with Gasteiger partial charge in [0.25, 0.3) is 0 Å². The first-order valence-corrected chi connectivity index (χ1v) is 18.2. The maximum Gasteiger partial charge on any atom is 0.0731 e. The molecule has 52 heavy (non-hydrogen) atoms. The third-order valence-corrected chi connectivity index (χ3v) is 12.0. The zero-order valence-corrected chi connectivity index (χ0v) is 28.3. The van der Waals surface area contributed by atoms with Crippen molar-refractivity contribution < 1.29 is 0 Å². The predicted octanol–water partition coefficient (Wildman–Crippen LogP) is 13.1. The zero-order valence-electron chi connectivity index (χ0n) is 28.3. The molecule has 1 nitrogen and oxygen atoms in total. The molecule has 0 radical (unpaired) electrons. The van der Waals surface area contributed by atoms with Gasteiger partial charge in [0.2, 0.25) is 0 Å². The lowest BCUT2D eigenvalue weighted by molar-refractivity contribution is 0.801. The second-order valence-corrected chi connectivity index (χ2v) is 14.4. The number of benzene rings is 9. The summed E-state index contributed by atoms with van der Waals surface area (Å²) in [5, 5.41) is 7.63. The summed E-state index contributed by atoms with van der Waals surface area (Å²) in [5.74, 6) is 0. The van der Waals surface area contributed by atoms with Gasteiger partial charge in [-0.05, 0) is 114 Å². The van der Waals surface area contributed by atoms with Gasteiger partial charge >= 0.3 is 0 Å². The summed E-state index contributed by atoms with van der Waals surface area (Å²) in [7, 11) is 0. The molecule has 1 aromatic heterocycles. The van der Waals surface area contributed by atoms with Crippen molar-refractivity contribution in [3.63, 3.8) is 0 Å². The fourth-order valence-corrected chi connectivity index (χ4v) is 9.85. The first kappa shape index (κ1) is 28.0. The van der Waals surface area contributed by atoms with Crippen LogP contribution in [-0.2, 0) is 5.41 Å². The van der Waals surface area contributed by atoms with Gasteiger partial charge in [0.15, 0.2) is 0 Å². The van der Waals surface area contributed by atoms with Crippen molar-refractivity contribution >= 4 is 43.4 Å². The lowest BCUT2D eigenvalue weighted by atomic mass is 9.69. The van der Waals surface area contributed by atoms with Crippen molar-refractivity contribution in [3.8, 4) is 39.1 Å². The van der Waals surface area contributed by atoms with Crippen LogP contribution in [0.5, 0.6) is 0 Å². The fourth-order valence-electron chi connectivity index (χ4n) is 9.85. The Balaban J connectivity index is 1.05. The van der Waals surface area contributed by atoms with Crippen LogP contribution in [0.25, 0.3) is 82.4 Å². The van der Waals surface area contributed by atoms with Gasteiger partial charge in [-0.1, -0.05) is 152 Å². The smallest absolute Gasteiger partial charge is 0.0731 e. The molecule has 240 valence electrons. The van der Waals surface area contributed by atoms with E-state index in [1.54, 1.807) is 0 Å². The molecule has 0 saturated heterocycles. The minimum absolute atomic E-state index is 0.371. The maximum atomic E-state index is 2.46. The molecule has 0 bridgehead atoms. The highest BCUT2D eigenvalue weighted by Crippen LogP contribution is 2.64. The van der Waals surface area contributed by atoms with Gasteiger partial charge in [0.05, 0.1) is 16.4 Å². The van der Waals surface area contributed by atoms with E-state index in [0.29, 0.717) is 0 Å². The van der Waals surface area contributed by atoms with Crippen LogP contribution in [0.1, 0.15) is 22.3 Å². The number of rotatable bonds is 2. The highest BCUT2D eigenvalue weighted by atomic mass is 15.0. The van der Waals surface area contributed by atoms with E-state index in [9.17, 15) is 0 Å². The van der Waals surface area contributed by atoms with E-state index >= 15 is 0 Å². The Morgan fingerprint density at radius 2 is 0.808 bits per heavy atom. The average molecular weight is 658 g/mol. The second kappa shape index (κ2) is 10.2. The minimum Gasteiger partial charge on any atom is -0.309 e. The highest BCUT2D eigenvalue weighted by molar-refractivity contribution is 6.10. The van der Waals surface area contributed by atoms with Crippen LogP contribution >= 0.6 is 0 Å². The predicted molar refractivity (Wildman–Crippen MR) is 218 cm³/mol. The monoisotopic (exact) mass is 657 g/mol. The van der Waals surface area contributed by atoms with Crippen molar-refractivity contribution in [2.24, 2.45) is 0 Å². The summed E-state index contributed by atoms with van der Waals surface area (Å²) in [6.07, 6.45) is 0. The lowest BCUT2D eigenvalue weighted by Gasteiger charge is -2.31. The van der Waals surface area contributed by atoms with E-state index < -0.39 is 0 Å². The average Bonchev–Trinajstić information content (AvgIpc) is 3.82. The molecule has 9 aromatic carbocycles. The van der Waals surface area contributed by atoms with Gasteiger partial charge in [-0.3, -0.25) is 0 Å². The van der Waals surface area contributed by atoms with Gasteiger partial charge in [0.1, 0.15) is 0 Å². The van der Waals surface area contributed by atoms with Gasteiger partial charge in [-0.15, -0.1) is 0 Å². The number of hydrogen-bond acceptors (Lipinski definition) is 0. The van der Waals surface area contributed by atoms with Crippen LogP contribution in [-0.4, -0.2) is 4.57 Å². The van der Waals surface area contributed by atoms with E-state index in [1.807, 2.05) is 0 Å². The number of hydrogen-bond donors (Lipinski definition) is 0. The van der Waals surface area contributed by atoms with Gasteiger partial charge in [-0.2, -0.15) is 0 Å². The summed E-state index contributed by atoms with van der Waals surface area (Å²) in [6.45, 7) is 0. The molecule has 12 rings (SSSR count). The Hall–Kier alpha value is -6.70. The molecule has 2 aliphatic rings. The van der Waals surface area contributed by atoms with E-state index in [-0.39, 0.29) is 5.41 Å². The number of para-hydroxylation sites is 2. The third kappa shape index (κ3) is 3.52. The number of aromatic nitrogens is 1. The number of nitrogens with zero attached hydrogens (tertiary/aromatic N) is 1. The molecule has 0 atom stereocenters. The fraction of sp³-hybridized carbons (Fsp3) is 0.0196. The summed E-state index contributed by atoms with van der Waals surface area (Å²) >= 11 is 0. The summed E-state index contributed by atoms with van der Waals surface area (Å²) in [5.41, 5.74) is 16.6. The van der Waals surface area contributed by atoms with Gasteiger partial charge in [-0.25, -0.2) is 0 Å². The molecule has 0 saturated carbocycles. The normalized spacial score (nSPS) is 13.5. The van der Waals surface area contributed by atoms with Gasteiger partial charge < -0.3 is 4.57 Å². The molecular weight excluding hydrogens is 627 g/mol. The molecule has 0 N–H and O–H groups in total. The zero-order chi connectivity index (χ0) is 34.0. The largest absolute Gasteiger partial charge is 0.309 e. The summed E-state index contributed by atoms with van der Waals surface area (Å²) in [6, 6.07) is 70.3. The van der Waals surface area contributed by atoms with Crippen LogP contribution in [0.2, 0.25) is 0 Å². The van der Waals surface area contributed by atoms with E-state index in [4.69, 9.17) is 0 Å². The molecule has 0 aliphatic heterocycles. The Morgan fingerprint density at radius 3 is 1.46 bits per heavy atom. The molecule has 1 spiro atoms. The molecule has 0 unspecified atom stereocenters. The van der Waals surface area contributed by atoms with Crippen LogP contribution in [0.15, 0.2) is 188 Å². The Labute approximate surface area is 301 Å². The van der Waals surface area contributed by atoms with E-state index in [0.717, 1.165) is 0 Å². The SMILES string of the molecule is c1ccc2c(c1)-c1ccccc1C21c2ccccc2-c2ccc3ccc(-c4ccc5cc(-n6c7ccccc7c7ccccc76)ccc5c4)cc3c21. The van der Waals surface area contributed by atoms with E-state index in [2.05, 4.69) is 193 Å². The standard InChI is InChI=1S/C51H31N/c1-6-16-45-38(11-1)39-12-2-7-17-46(39)51(45)47-18-8-3-13-40(47)43-28-26-32-21-22-36(31-44(32)50(43)51)33-23-24-35-30-37(27-25-34(35)29-33)52-48-19-9-4-14-41(48)42-15-5-10-20-49(42)52/h1-31H. The van der Waals surface area contributed by atoms with Crippen LogP contribution < -0.4 is 0 Å². The van der Waals surface area contributed by atoms with Crippen LogP contribution in [0, 0.1) is 0 Å². The second-order valence-electron chi connectivity index (χ2n) is 14.4. The van der Waals surface area contributed by atoms with Crippen molar-refractivity contribution in [1.82, 2.24) is 4.57 Å². The molecule has 10 aromatic rings. The molecular formula is C51H31N. The van der Waals surface area contributed by atoms with Crippen LogP contribution in [0.3, 0.4) is 0 Å². The lowest BCUT2D eigenvalue weighted by Crippen LogP contribution is -2.26. The summed E-state index contributed by atoms with van der Waals surface area (Å²) < 4.78 is 2.40.